The molecule has 6 aromatic carbocycles. The van der Waals surface area contributed by atoms with E-state index in [0.717, 1.165) is 56.2 Å². The molecule has 0 N–H and O–H groups in total. The van der Waals surface area contributed by atoms with Gasteiger partial charge in [-0.25, -0.2) is 0 Å². The van der Waals surface area contributed by atoms with Crippen molar-refractivity contribution in [1.29, 1.82) is 0 Å². The first-order valence-electron chi connectivity index (χ1n) is 15.7. The van der Waals surface area contributed by atoms with E-state index in [-0.39, 0.29) is 5.97 Å². The molecule has 0 fully saturated rings. The molecule has 4 nitrogen and oxygen atoms in total. The first kappa shape index (κ1) is 31.1. The van der Waals surface area contributed by atoms with Gasteiger partial charge in [0.25, 0.3) is 0 Å². The number of rotatable bonds is 9. The summed E-state index contributed by atoms with van der Waals surface area (Å²) in [5.41, 5.74) is 12.1. The lowest BCUT2D eigenvalue weighted by molar-refractivity contribution is -0.131. The summed E-state index contributed by atoms with van der Waals surface area (Å²) in [6.45, 7) is 5.69. The van der Waals surface area contributed by atoms with Crippen LogP contribution in [-0.2, 0) is 4.79 Å². The molecule has 6 aromatic rings. The summed E-state index contributed by atoms with van der Waals surface area (Å²) in [5.74, 6) is 0.924. The number of esters is 1. The summed E-state index contributed by atoms with van der Waals surface area (Å²) < 4.78 is 10.9. The maximum atomic E-state index is 11.6. The molecule has 0 radical (unpaired) electrons. The normalized spacial score (nSPS) is 11.2. The number of hydrogen-bond donors (Lipinski definition) is 0. The highest BCUT2D eigenvalue weighted by Crippen LogP contribution is 2.38. The highest BCUT2D eigenvalue weighted by molar-refractivity contribution is 5.92. The Bertz CT molecular complexity index is 2040. The molecule has 0 saturated carbocycles. The lowest BCUT2D eigenvalue weighted by Gasteiger charge is -2.27. The fourth-order valence-electron chi connectivity index (χ4n) is 5.77. The zero-order chi connectivity index (χ0) is 32.8. The van der Waals surface area contributed by atoms with Crippen LogP contribution in [-0.4, -0.2) is 13.1 Å². The van der Waals surface area contributed by atoms with Crippen LogP contribution in [0.3, 0.4) is 0 Å². The summed E-state index contributed by atoms with van der Waals surface area (Å²) in [6, 6.07) is 50.0. The van der Waals surface area contributed by atoms with Crippen molar-refractivity contribution in [2.75, 3.05) is 12.0 Å². The minimum Gasteiger partial charge on any atom is -0.497 e. The van der Waals surface area contributed by atoms with Crippen LogP contribution in [0.2, 0.25) is 0 Å². The molecule has 0 aromatic heterocycles. The molecule has 6 rings (SSSR count). The quantitative estimate of drug-likeness (QED) is 0.0921. The summed E-state index contributed by atoms with van der Waals surface area (Å²) in [6.07, 6.45) is 2.15. The number of aryl methyl sites for hydroxylation is 2. The maximum Gasteiger partial charge on any atom is 0.308 e. The lowest BCUT2D eigenvalue weighted by atomic mass is 9.94. The second kappa shape index (κ2) is 14.1. The lowest BCUT2D eigenvalue weighted by Crippen LogP contribution is -2.11. The van der Waals surface area contributed by atoms with E-state index >= 15 is 0 Å². The number of carbonyl (C=O) groups is 1. The summed E-state index contributed by atoms with van der Waals surface area (Å²) in [4.78, 5) is 14.0. The monoisotopic (exact) mass is 615 g/mol. The summed E-state index contributed by atoms with van der Waals surface area (Å²) >= 11 is 0. The molecular weight excluding hydrogens is 578 g/mol. The first-order chi connectivity index (χ1) is 22.9. The minimum atomic E-state index is -0.351. The number of nitrogens with zero attached hydrogens (tertiary/aromatic N) is 1. The Hall–Kier alpha value is -5.87. The number of anilines is 3. The van der Waals surface area contributed by atoms with Gasteiger partial charge < -0.3 is 14.4 Å². The van der Waals surface area contributed by atoms with Crippen LogP contribution in [0.15, 0.2) is 146 Å². The van der Waals surface area contributed by atoms with Crippen LogP contribution < -0.4 is 14.4 Å². The minimum absolute atomic E-state index is 0.351. The van der Waals surface area contributed by atoms with Crippen LogP contribution in [0.1, 0.15) is 34.7 Å². The van der Waals surface area contributed by atoms with Crippen molar-refractivity contribution < 1.29 is 14.3 Å². The highest BCUT2D eigenvalue weighted by Gasteiger charge is 2.15. The van der Waals surface area contributed by atoms with Crippen LogP contribution in [0, 0.1) is 13.8 Å². The Labute approximate surface area is 277 Å². The molecule has 0 aliphatic carbocycles. The van der Waals surface area contributed by atoms with E-state index in [0.29, 0.717) is 5.75 Å². The smallest absolute Gasteiger partial charge is 0.308 e. The van der Waals surface area contributed by atoms with Gasteiger partial charge in [-0.05, 0) is 119 Å². The molecule has 0 aliphatic heterocycles. The fraction of sp³-hybridized carbons (Fsp3) is 0.0930. The zero-order valence-electron chi connectivity index (χ0n) is 27.1. The van der Waals surface area contributed by atoms with E-state index in [4.69, 9.17) is 9.47 Å². The SMILES string of the molecule is COc1cccc(C(=Cc2ccc(-c3ccc(N(c4cccc(C)c4)c4ccccc4C)cc3)cc2)c2cccc(OC(C)=O)c2)c1. The topological polar surface area (TPSA) is 38.8 Å². The van der Waals surface area contributed by atoms with E-state index in [2.05, 4.69) is 128 Å². The summed E-state index contributed by atoms with van der Waals surface area (Å²) in [7, 11) is 1.66. The molecule has 0 amide bonds. The Kier molecular flexibility index (Phi) is 9.31. The number of methoxy groups -OCH3 is 1. The van der Waals surface area contributed by atoms with Crippen molar-refractivity contribution in [2.45, 2.75) is 20.8 Å². The highest BCUT2D eigenvalue weighted by atomic mass is 16.5. The number of hydrogen-bond acceptors (Lipinski definition) is 4. The van der Waals surface area contributed by atoms with Crippen LogP contribution in [0.5, 0.6) is 11.5 Å². The zero-order valence-corrected chi connectivity index (χ0v) is 27.1. The molecule has 0 spiro atoms. The van der Waals surface area contributed by atoms with E-state index in [1.807, 2.05) is 36.4 Å². The van der Waals surface area contributed by atoms with Crippen molar-refractivity contribution in [1.82, 2.24) is 0 Å². The number of benzene rings is 6. The standard InChI is InChI=1S/C43H37NO3/c1-30-10-7-14-39(26-30)44(43-17-6-5-11-31(43)2)38-24-22-35(23-25-38)34-20-18-33(19-21-34)27-42(36-12-8-15-40(28-36)46-4)37-13-9-16-41(29-37)47-32(3)45/h5-29H,1-4H3. The molecule has 4 heteroatoms. The van der Waals surface area contributed by atoms with Crippen LogP contribution in [0.4, 0.5) is 17.1 Å². The third kappa shape index (κ3) is 7.34. The molecule has 232 valence electrons. The Morgan fingerprint density at radius 3 is 1.87 bits per heavy atom. The average molecular weight is 616 g/mol. The average Bonchev–Trinajstić information content (AvgIpc) is 3.09. The van der Waals surface area contributed by atoms with Crippen molar-refractivity contribution in [3.63, 3.8) is 0 Å². The van der Waals surface area contributed by atoms with Gasteiger partial charge in [-0.3, -0.25) is 4.79 Å². The predicted molar refractivity (Wildman–Crippen MR) is 194 cm³/mol. The van der Waals surface area contributed by atoms with Crippen molar-refractivity contribution in [3.8, 4) is 22.6 Å². The fourth-order valence-corrected chi connectivity index (χ4v) is 5.77. The van der Waals surface area contributed by atoms with Gasteiger partial charge >= 0.3 is 5.97 Å². The first-order valence-corrected chi connectivity index (χ1v) is 15.7. The molecule has 0 saturated heterocycles. The molecule has 0 aliphatic rings. The molecule has 0 heterocycles. The van der Waals surface area contributed by atoms with Gasteiger partial charge in [0.1, 0.15) is 11.5 Å². The molecule has 0 atom stereocenters. The van der Waals surface area contributed by atoms with Crippen molar-refractivity contribution in [2.24, 2.45) is 0 Å². The van der Waals surface area contributed by atoms with Gasteiger partial charge in [-0.15, -0.1) is 0 Å². The van der Waals surface area contributed by atoms with Gasteiger partial charge in [0.15, 0.2) is 0 Å². The number of carbonyl (C=O) groups excluding carboxylic acids is 1. The molecule has 47 heavy (non-hydrogen) atoms. The van der Waals surface area contributed by atoms with Gasteiger partial charge in [-0.2, -0.15) is 0 Å². The van der Waals surface area contributed by atoms with Crippen LogP contribution >= 0.6 is 0 Å². The predicted octanol–water partition coefficient (Wildman–Crippen LogP) is 11.0. The number of para-hydroxylation sites is 1. The Morgan fingerprint density at radius 1 is 0.617 bits per heavy atom. The second-order valence-electron chi connectivity index (χ2n) is 11.5. The largest absolute Gasteiger partial charge is 0.497 e. The van der Waals surface area contributed by atoms with E-state index in [1.165, 1.54) is 18.1 Å². The van der Waals surface area contributed by atoms with Gasteiger partial charge in [0.05, 0.1) is 7.11 Å². The third-order valence-electron chi connectivity index (χ3n) is 8.08. The van der Waals surface area contributed by atoms with Crippen molar-refractivity contribution >= 4 is 34.7 Å². The van der Waals surface area contributed by atoms with Gasteiger partial charge in [-0.1, -0.05) is 91.0 Å². The van der Waals surface area contributed by atoms with Crippen LogP contribution in [0.25, 0.3) is 22.8 Å². The molecular formula is C43H37NO3. The summed E-state index contributed by atoms with van der Waals surface area (Å²) in [5, 5.41) is 0. The van der Waals surface area contributed by atoms with Crippen molar-refractivity contribution in [3.05, 3.63) is 173 Å². The number of ether oxygens (including phenoxy) is 2. The Balaban J connectivity index is 1.33. The van der Waals surface area contributed by atoms with E-state index < -0.39 is 0 Å². The Morgan fingerprint density at radius 2 is 1.23 bits per heavy atom. The second-order valence-corrected chi connectivity index (χ2v) is 11.5. The van der Waals surface area contributed by atoms with E-state index in [1.54, 1.807) is 13.2 Å². The maximum absolute atomic E-state index is 11.6. The van der Waals surface area contributed by atoms with E-state index in [9.17, 15) is 4.79 Å². The third-order valence-corrected chi connectivity index (χ3v) is 8.08. The van der Waals surface area contributed by atoms with Gasteiger partial charge in [0, 0.05) is 24.0 Å². The molecule has 0 unspecified atom stereocenters. The van der Waals surface area contributed by atoms with Gasteiger partial charge in [0.2, 0.25) is 0 Å². The molecule has 0 bridgehead atoms.